The summed E-state index contributed by atoms with van der Waals surface area (Å²) in [5.74, 6) is 0.285. The minimum Gasteiger partial charge on any atom is -0.309 e. The van der Waals surface area contributed by atoms with Gasteiger partial charge in [0.2, 0.25) is 0 Å². The van der Waals surface area contributed by atoms with Crippen LogP contribution in [0.3, 0.4) is 0 Å². The second-order valence-corrected chi connectivity index (χ2v) is 16.7. The van der Waals surface area contributed by atoms with Crippen LogP contribution < -0.4 is 0 Å². The average Bonchev–Trinajstić information content (AvgIpc) is 3.85. The van der Waals surface area contributed by atoms with Crippen LogP contribution in [0.5, 0.6) is 0 Å². The van der Waals surface area contributed by atoms with E-state index in [0.29, 0.717) is 0 Å². The molecule has 12 rings (SSSR count). The summed E-state index contributed by atoms with van der Waals surface area (Å²) in [4.78, 5) is 0. The Morgan fingerprint density at radius 3 is 1.97 bits per heavy atom. The summed E-state index contributed by atoms with van der Waals surface area (Å²) >= 11 is 1.89. The van der Waals surface area contributed by atoms with E-state index >= 15 is 0 Å². The molecule has 2 heteroatoms. The summed E-state index contributed by atoms with van der Waals surface area (Å²) in [5, 5.41) is 5.19. The van der Waals surface area contributed by atoms with Crippen molar-refractivity contribution in [1.29, 1.82) is 0 Å². The highest BCUT2D eigenvalue weighted by atomic mass is 32.1. The third kappa shape index (κ3) is 5.30. The molecule has 2 aromatic heterocycles. The molecule has 11 aromatic rings. The van der Waals surface area contributed by atoms with Gasteiger partial charge in [0.1, 0.15) is 0 Å². The van der Waals surface area contributed by atoms with Gasteiger partial charge in [0.05, 0.1) is 11.0 Å². The van der Waals surface area contributed by atoms with Crippen LogP contribution in [-0.4, -0.2) is 4.57 Å². The Hall–Kier alpha value is -7.00. The van der Waals surface area contributed by atoms with Crippen molar-refractivity contribution in [3.05, 3.63) is 223 Å². The highest BCUT2D eigenvalue weighted by molar-refractivity contribution is 7.26. The fraction of sp³-hybridized carbons (Fsp3) is 0.0357. The molecule has 1 atom stereocenters. The average molecular weight is 756 g/mol. The van der Waals surface area contributed by atoms with Crippen molar-refractivity contribution in [1.82, 2.24) is 4.57 Å². The number of hydrogen-bond donors (Lipinski definition) is 0. The van der Waals surface area contributed by atoms with E-state index in [2.05, 4.69) is 211 Å². The fourth-order valence-electron chi connectivity index (χ4n) is 9.62. The molecule has 0 N–H and O–H groups in total. The maximum Gasteiger partial charge on any atom is 0.0541 e. The van der Waals surface area contributed by atoms with Crippen LogP contribution in [-0.2, 0) is 6.42 Å². The molecule has 0 aliphatic heterocycles. The van der Waals surface area contributed by atoms with Crippen LogP contribution in [0.1, 0.15) is 22.6 Å². The summed E-state index contributed by atoms with van der Waals surface area (Å²) in [7, 11) is 0. The summed E-state index contributed by atoms with van der Waals surface area (Å²) < 4.78 is 5.11. The molecular weight excluding hydrogens is 719 g/mol. The number of fused-ring (bicyclic) bond motifs is 9. The quantitative estimate of drug-likeness (QED) is 0.165. The number of benzene rings is 9. The summed E-state index contributed by atoms with van der Waals surface area (Å²) in [6.45, 7) is 0. The molecule has 0 fully saturated rings. The third-order valence-corrected chi connectivity index (χ3v) is 13.6. The summed E-state index contributed by atoms with van der Waals surface area (Å²) in [5.41, 5.74) is 18.0. The van der Waals surface area contributed by atoms with Crippen LogP contribution >= 0.6 is 11.3 Å². The monoisotopic (exact) mass is 755 g/mol. The van der Waals surface area contributed by atoms with Gasteiger partial charge >= 0.3 is 0 Å². The molecule has 2 heterocycles. The van der Waals surface area contributed by atoms with Gasteiger partial charge in [0.15, 0.2) is 0 Å². The summed E-state index contributed by atoms with van der Waals surface area (Å²) in [6.07, 6.45) is 0.994. The minimum atomic E-state index is 0.285. The molecule has 272 valence electrons. The first-order valence-corrected chi connectivity index (χ1v) is 21.0. The molecule has 0 spiro atoms. The molecule has 0 saturated heterocycles. The Balaban J connectivity index is 0.942. The Bertz CT molecular complexity index is 3370. The van der Waals surface area contributed by atoms with Gasteiger partial charge < -0.3 is 4.57 Å². The van der Waals surface area contributed by atoms with Gasteiger partial charge in [0.25, 0.3) is 0 Å². The normalized spacial score (nSPS) is 13.6. The van der Waals surface area contributed by atoms with E-state index in [4.69, 9.17) is 0 Å². The van der Waals surface area contributed by atoms with E-state index in [-0.39, 0.29) is 5.92 Å². The molecule has 1 aliphatic rings. The van der Waals surface area contributed by atoms with Crippen LogP contribution in [0.2, 0.25) is 0 Å². The maximum absolute atomic E-state index is 2.44. The van der Waals surface area contributed by atoms with Crippen molar-refractivity contribution in [3.8, 4) is 50.2 Å². The van der Waals surface area contributed by atoms with Gasteiger partial charge in [0, 0.05) is 42.6 Å². The van der Waals surface area contributed by atoms with Gasteiger partial charge in [-0.05, 0) is 110 Å². The molecule has 9 aromatic carbocycles. The van der Waals surface area contributed by atoms with Crippen molar-refractivity contribution in [2.24, 2.45) is 0 Å². The third-order valence-electron chi connectivity index (χ3n) is 12.4. The van der Waals surface area contributed by atoms with Crippen LogP contribution in [0.15, 0.2) is 206 Å². The SMILES string of the molecule is c1ccc(-c2cccc(C3Cc4ccccc4-c4cc(-c5ccc6c(c5)c5ccccc5n6-c5ccc(-c6cccc7c6sc6ccccc67)cc5)ccc43)c2)cc1. The minimum absolute atomic E-state index is 0.285. The zero-order valence-corrected chi connectivity index (χ0v) is 32.6. The molecule has 0 bridgehead atoms. The maximum atomic E-state index is 2.44. The van der Waals surface area contributed by atoms with Crippen molar-refractivity contribution in [2.45, 2.75) is 12.3 Å². The second kappa shape index (κ2) is 13.3. The topological polar surface area (TPSA) is 4.93 Å². The lowest BCUT2D eigenvalue weighted by molar-refractivity contribution is 0.794. The predicted molar refractivity (Wildman–Crippen MR) is 247 cm³/mol. The first-order chi connectivity index (χ1) is 28.7. The zero-order valence-electron chi connectivity index (χ0n) is 31.8. The van der Waals surface area contributed by atoms with E-state index in [1.807, 2.05) is 11.3 Å². The number of hydrogen-bond acceptors (Lipinski definition) is 1. The molecule has 0 amide bonds. The lowest BCUT2D eigenvalue weighted by atomic mass is 9.74. The van der Waals surface area contributed by atoms with Gasteiger partial charge in [-0.2, -0.15) is 0 Å². The van der Waals surface area contributed by atoms with Gasteiger partial charge in [-0.3, -0.25) is 0 Å². The fourth-order valence-corrected chi connectivity index (χ4v) is 10.9. The van der Waals surface area contributed by atoms with Gasteiger partial charge in [-0.15, -0.1) is 11.3 Å². The van der Waals surface area contributed by atoms with E-state index < -0.39 is 0 Å². The molecule has 58 heavy (non-hydrogen) atoms. The van der Waals surface area contributed by atoms with Crippen molar-refractivity contribution >= 4 is 53.3 Å². The van der Waals surface area contributed by atoms with E-state index in [1.54, 1.807) is 0 Å². The Labute approximate surface area is 341 Å². The Morgan fingerprint density at radius 2 is 1.05 bits per heavy atom. The Morgan fingerprint density at radius 1 is 0.397 bits per heavy atom. The molecule has 1 aliphatic carbocycles. The van der Waals surface area contributed by atoms with Crippen molar-refractivity contribution < 1.29 is 0 Å². The first kappa shape index (κ1) is 33.2. The molecule has 0 saturated carbocycles. The largest absolute Gasteiger partial charge is 0.309 e. The molecule has 0 radical (unpaired) electrons. The van der Waals surface area contributed by atoms with Gasteiger partial charge in [-0.25, -0.2) is 0 Å². The molecular formula is C56H37NS. The first-order valence-electron chi connectivity index (χ1n) is 20.2. The number of aromatic nitrogens is 1. The zero-order chi connectivity index (χ0) is 38.2. The highest BCUT2D eigenvalue weighted by Crippen LogP contribution is 2.46. The van der Waals surface area contributed by atoms with Crippen molar-refractivity contribution in [2.75, 3.05) is 0 Å². The Kier molecular flexibility index (Phi) is 7.61. The number of thiophene rings is 1. The summed E-state index contributed by atoms with van der Waals surface area (Å²) in [6, 6.07) is 76.6. The van der Waals surface area contributed by atoms with Crippen LogP contribution in [0.25, 0.3) is 92.2 Å². The van der Waals surface area contributed by atoms with Crippen LogP contribution in [0, 0.1) is 0 Å². The van der Waals surface area contributed by atoms with Crippen LogP contribution in [0.4, 0.5) is 0 Å². The van der Waals surface area contributed by atoms with E-state index in [9.17, 15) is 0 Å². The lowest BCUT2D eigenvalue weighted by Gasteiger charge is -2.29. The standard InChI is InChI=1S/C56H37NS/c1-2-12-36(13-3-1)38-15-10-16-41(32-38)50-35-42-14-4-5-17-44(42)51-33-39(26-30-46(50)51)40-27-31-54-52(34-40)47-18-6-8-22-53(47)57(54)43-28-24-37(25-29-43)45-20-11-21-49-48-19-7-9-23-55(48)58-56(45)49/h1-34,50H,35H2. The highest BCUT2D eigenvalue weighted by Gasteiger charge is 2.27. The van der Waals surface area contributed by atoms with E-state index in [0.717, 1.165) is 6.42 Å². The number of rotatable bonds is 5. The second-order valence-electron chi connectivity index (χ2n) is 15.6. The number of para-hydroxylation sites is 1. The molecule has 1 nitrogen and oxygen atoms in total. The lowest BCUT2D eigenvalue weighted by Crippen LogP contribution is -2.13. The van der Waals surface area contributed by atoms with Crippen molar-refractivity contribution in [3.63, 3.8) is 0 Å². The molecule has 1 unspecified atom stereocenters. The van der Waals surface area contributed by atoms with E-state index in [1.165, 1.54) is 109 Å². The van der Waals surface area contributed by atoms with Gasteiger partial charge in [-0.1, -0.05) is 164 Å². The smallest absolute Gasteiger partial charge is 0.0541 e. The predicted octanol–water partition coefficient (Wildman–Crippen LogP) is 15.5. The number of nitrogens with zero attached hydrogens (tertiary/aromatic N) is 1.